The van der Waals surface area contributed by atoms with E-state index in [-0.39, 0.29) is 0 Å². The fraction of sp³-hybridized carbons (Fsp3) is 0.571. The second-order valence-corrected chi connectivity index (χ2v) is 5.10. The second-order valence-electron chi connectivity index (χ2n) is 5.10. The van der Waals surface area contributed by atoms with Crippen LogP contribution in [0.5, 0.6) is 0 Å². The first-order valence-electron chi connectivity index (χ1n) is 6.04. The van der Waals surface area contributed by atoms with Crippen molar-refractivity contribution in [2.24, 2.45) is 0 Å². The van der Waals surface area contributed by atoms with Crippen LogP contribution in [0.2, 0.25) is 0 Å². The highest BCUT2D eigenvalue weighted by Crippen LogP contribution is 2.24. The number of hydrogen-bond acceptors (Lipinski definition) is 2. The zero-order chi connectivity index (χ0) is 11.7. The van der Waals surface area contributed by atoms with Crippen LogP contribution in [0.1, 0.15) is 22.7 Å². The summed E-state index contributed by atoms with van der Waals surface area (Å²) in [4.78, 5) is 4.88. The fourth-order valence-corrected chi connectivity index (χ4v) is 2.34. The lowest BCUT2D eigenvalue weighted by molar-refractivity contribution is 0.115. The van der Waals surface area contributed by atoms with Gasteiger partial charge in [0, 0.05) is 25.7 Å². The van der Waals surface area contributed by atoms with Gasteiger partial charge in [-0.05, 0) is 44.6 Å². The molecule has 1 aliphatic rings. The Morgan fingerprint density at radius 1 is 1.06 bits per heavy atom. The van der Waals surface area contributed by atoms with Gasteiger partial charge < -0.3 is 4.90 Å². The lowest BCUT2D eigenvalue weighted by atomic mass is 9.98. The van der Waals surface area contributed by atoms with Gasteiger partial charge in [-0.1, -0.05) is 18.2 Å². The van der Waals surface area contributed by atoms with Crippen LogP contribution in [0.3, 0.4) is 0 Å². The van der Waals surface area contributed by atoms with Crippen LogP contribution in [0.15, 0.2) is 18.2 Å². The Bertz CT molecular complexity index is 373. The van der Waals surface area contributed by atoms with Crippen LogP contribution in [0, 0.1) is 13.8 Å². The van der Waals surface area contributed by atoms with E-state index in [0.29, 0.717) is 6.04 Å². The van der Waals surface area contributed by atoms with Crippen molar-refractivity contribution in [2.45, 2.75) is 19.9 Å². The Balaban J connectivity index is 2.24. The maximum absolute atomic E-state index is 2.46. The fourth-order valence-electron chi connectivity index (χ4n) is 2.34. The number of aryl methyl sites for hydroxylation is 2. The van der Waals surface area contributed by atoms with E-state index < -0.39 is 0 Å². The molecular weight excluding hydrogens is 196 g/mol. The second kappa shape index (κ2) is 4.56. The van der Waals surface area contributed by atoms with Crippen molar-refractivity contribution in [2.75, 3.05) is 33.7 Å². The van der Waals surface area contributed by atoms with Crippen LogP contribution in [0.4, 0.5) is 0 Å². The zero-order valence-corrected chi connectivity index (χ0v) is 10.8. The number of benzene rings is 1. The predicted octanol–water partition coefficient (Wildman–Crippen LogP) is 2.22. The zero-order valence-electron chi connectivity index (χ0n) is 10.8. The van der Waals surface area contributed by atoms with Gasteiger partial charge in [-0.25, -0.2) is 0 Å². The Morgan fingerprint density at radius 3 is 2.50 bits per heavy atom. The Hall–Kier alpha value is -0.860. The molecule has 2 heteroatoms. The molecule has 0 amide bonds. The smallest absolute Gasteiger partial charge is 0.0472 e. The van der Waals surface area contributed by atoms with Crippen molar-refractivity contribution < 1.29 is 0 Å². The molecular formula is C14H22N2. The molecule has 1 saturated heterocycles. The number of piperazine rings is 1. The third kappa shape index (κ3) is 2.28. The quantitative estimate of drug-likeness (QED) is 0.713. The minimum atomic E-state index is 0.554. The van der Waals surface area contributed by atoms with Gasteiger partial charge in [0.25, 0.3) is 0 Å². The molecule has 88 valence electrons. The molecule has 0 N–H and O–H groups in total. The summed E-state index contributed by atoms with van der Waals surface area (Å²) in [5.74, 6) is 0. The molecule has 1 aromatic carbocycles. The molecule has 0 bridgehead atoms. The predicted molar refractivity (Wildman–Crippen MR) is 68.8 cm³/mol. The van der Waals surface area contributed by atoms with Crippen LogP contribution in [0.25, 0.3) is 0 Å². The van der Waals surface area contributed by atoms with Gasteiger partial charge in [-0.2, -0.15) is 0 Å². The Morgan fingerprint density at radius 2 is 1.81 bits per heavy atom. The van der Waals surface area contributed by atoms with Gasteiger partial charge >= 0.3 is 0 Å². The van der Waals surface area contributed by atoms with Gasteiger partial charge in [0.05, 0.1) is 0 Å². The molecule has 0 saturated carbocycles. The van der Waals surface area contributed by atoms with Gasteiger partial charge in [-0.15, -0.1) is 0 Å². The average Bonchev–Trinajstić information content (AvgIpc) is 2.26. The molecule has 1 aliphatic heterocycles. The molecule has 1 heterocycles. The molecule has 2 nitrogen and oxygen atoms in total. The minimum absolute atomic E-state index is 0.554. The molecule has 0 spiro atoms. The van der Waals surface area contributed by atoms with Crippen LogP contribution < -0.4 is 0 Å². The maximum atomic E-state index is 2.46. The largest absolute Gasteiger partial charge is 0.303 e. The minimum Gasteiger partial charge on any atom is -0.303 e. The van der Waals surface area contributed by atoms with Crippen molar-refractivity contribution in [1.29, 1.82) is 0 Å². The van der Waals surface area contributed by atoms with Crippen molar-refractivity contribution in [3.05, 3.63) is 34.9 Å². The standard InChI is InChI=1S/C14H22N2/c1-11-5-6-13(9-12(11)2)14-10-15(3)7-8-16(14)4/h5-6,9,14H,7-8,10H2,1-4H3. The average molecular weight is 218 g/mol. The van der Waals surface area contributed by atoms with Gasteiger partial charge in [0.1, 0.15) is 0 Å². The van der Waals surface area contributed by atoms with E-state index in [1.54, 1.807) is 0 Å². The number of rotatable bonds is 1. The molecule has 0 radical (unpaired) electrons. The van der Waals surface area contributed by atoms with Gasteiger partial charge in [0.2, 0.25) is 0 Å². The van der Waals surface area contributed by atoms with E-state index >= 15 is 0 Å². The molecule has 1 unspecified atom stereocenters. The van der Waals surface area contributed by atoms with Crippen molar-refractivity contribution in [3.63, 3.8) is 0 Å². The summed E-state index contributed by atoms with van der Waals surface area (Å²) >= 11 is 0. The van der Waals surface area contributed by atoms with Crippen LogP contribution >= 0.6 is 0 Å². The Kier molecular flexibility index (Phi) is 3.31. The first-order valence-corrected chi connectivity index (χ1v) is 6.04. The highest BCUT2D eigenvalue weighted by molar-refractivity contribution is 5.32. The summed E-state index contributed by atoms with van der Waals surface area (Å²) < 4.78 is 0. The summed E-state index contributed by atoms with van der Waals surface area (Å²) in [7, 11) is 4.44. The topological polar surface area (TPSA) is 6.48 Å². The highest BCUT2D eigenvalue weighted by Gasteiger charge is 2.23. The summed E-state index contributed by atoms with van der Waals surface area (Å²) in [5.41, 5.74) is 4.24. The van der Waals surface area contributed by atoms with Gasteiger partial charge in [0.15, 0.2) is 0 Å². The maximum Gasteiger partial charge on any atom is 0.0472 e. The molecule has 1 fully saturated rings. The molecule has 1 aromatic rings. The van der Waals surface area contributed by atoms with E-state index in [4.69, 9.17) is 0 Å². The van der Waals surface area contributed by atoms with Crippen molar-refractivity contribution in [1.82, 2.24) is 9.80 Å². The van der Waals surface area contributed by atoms with Crippen molar-refractivity contribution >= 4 is 0 Å². The molecule has 2 rings (SSSR count). The Labute approximate surface area is 98.9 Å². The molecule has 0 aromatic heterocycles. The third-order valence-corrected chi connectivity index (χ3v) is 3.77. The van der Waals surface area contributed by atoms with E-state index in [1.165, 1.54) is 23.2 Å². The number of likely N-dealkylation sites (N-methyl/N-ethyl adjacent to an activating group) is 2. The van der Waals surface area contributed by atoms with E-state index in [0.717, 1.165) is 13.1 Å². The third-order valence-electron chi connectivity index (χ3n) is 3.77. The number of hydrogen-bond donors (Lipinski definition) is 0. The summed E-state index contributed by atoms with van der Waals surface area (Å²) in [5, 5.41) is 0. The monoisotopic (exact) mass is 218 g/mol. The molecule has 1 atom stereocenters. The summed E-state index contributed by atoms with van der Waals surface area (Å²) in [6.07, 6.45) is 0. The van der Waals surface area contributed by atoms with Crippen LogP contribution in [-0.4, -0.2) is 43.5 Å². The summed E-state index contributed by atoms with van der Waals surface area (Å²) in [6.45, 7) is 7.85. The van der Waals surface area contributed by atoms with Crippen molar-refractivity contribution in [3.8, 4) is 0 Å². The van der Waals surface area contributed by atoms with E-state index in [1.807, 2.05) is 0 Å². The van der Waals surface area contributed by atoms with E-state index in [2.05, 4.69) is 55.9 Å². The van der Waals surface area contributed by atoms with E-state index in [9.17, 15) is 0 Å². The first kappa shape index (κ1) is 11.6. The molecule has 0 aliphatic carbocycles. The van der Waals surface area contributed by atoms with Gasteiger partial charge in [-0.3, -0.25) is 4.90 Å². The normalized spacial score (nSPS) is 23.6. The lowest BCUT2D eigenvalue weighted by Gasteiger charge is -2.38. The molecule has 16 heavy (non-hydrogen) atoms. The summed E-state index contributed by atoms with van der Waals surface area (Å²) in [6, 6.07) is 7.42. The SMILES string of the molecule is Cc1ccc(C2CN(C)CCN2C)cc1C. The lowest BCUT2D eigenvalue weighted by Crippen LogP contribution is -2.44. The first-order chi connectivity index (χ1) is 7.58. The number of nitrogens with zero attached hydrogens (tertiary/aromatic N) is 2. The van der Waals surface area contributed by atoms with Crippen LogP contribution in [-0.2, 0) is 0 Å². The highest BCUT2D eigenvalue weighted by atomic mass is 15.3.